The molecule has 0 fully saturated rings. The second-order valence-electron chi connectivity index (χ2n) is 16.2. The van der Waals surface area contributed by atoms with Gasteiger partial charge in [0.1, 0.15) is 0 Å². The number of nitrogens with zero attached hydrogens (tertiary/aromatic N) is 1. The van der Waals surface area contributed by atoms with Crippen molar-refractivity contribution in [1.82, 2.24) is 0 Å². The fraction of sp³-hybridized carbons (Fsp3) is 0.396. The van der Waals surface area contributed by atoms with E-state index in [1.807, 2.05) is 12.1 Å². The van der Waals surface area contributed by atoms with Crippen LogP contribution in [0.3, 0.4) is 0 Å². The molecule has 0 unspecified atom stereocenters. The number of unbranched alkanes of at least 4 members (excludes halogenated alkanes) is 14. The Morgan fingerprint density at radius 3 is 1.53 bits per heavy atom. The second-order valence-corrected chi connectivity index (χ2v) is 17.4. The molecule has 0 N–H and O–H groups in total. The fourth-order valence-electron chi connectivity index (χ4n) is 8.82. The van der Waals surface area contributed by atoms with E-state index in [0.717, 1.165) is 25.7 Å². The van der Waals surface area contributed by atoms with E-state index in [9.17, 15) is 10.1 Å². The minimum absolute atomic E-state index is 0.207. The zero-order valence-electron chi connectivity index (χ0n) is 34.5. The Balaban J connectivity index is 1.21. The van der Waals surface area contributed by atoms with E-state index in [0.29, 0.717) is 0 Å². The molecule has 6 rings (SSSR count). The Labute approximate surface area is 347 Å². The molecule has 0 aliphatic heterocycles. The van der Waals surface area contributed by atoms with Gasteiger partial charge in [0.05, 0.1) is 4.92 Å². The summed E-state index contributed by atoms with van der Waals surface area (Å²) in [4.78, 5) is 14.4. The van der Waals surface area contributed by atoms with E-state index in [2.05, 4.69) is 123 Å². The summed E-state index contributed by atoms with van der Waals surface area (Å²) in [6.45, 7) is 4.55. The average molecular weight is 778 g/mol. The molecule has 0 saturated heterocycles. The second kappa shape index (κ2) is 21.9. The van der Waals surface area contributed by atoms with Gasteiger partial charge in [0, 0.05) is 27.3 Å². The van der Waals surface area contributed by atoms with Gasteiger partial charge in [-0.1, -0.05) is 213 Å². The van der Waals surface area contributed by atoms with Gasteiger partial charge < -0.3 is 0 Å². The van der Waals surface area contributed by atoms with E-state index in [-0.39, 0.29) is 16.0 Å². The molecule has 4 heteroatoms. The zero-order chi connectivity index (χ0) is 39.7. The molecule has 0 bridgehead atoms. The summed E-state index contributed by atoms with van der Waals surface area (Å²) in [5.41, 5.74) is 9.77. The van der Waals surface area contributed by atoms with Crippen LogP contribution in [-0.2, 0) is 5.41 Å². The minimum atomic E-state index is -0.208. The van der Waals surface area contributed by atoms with Crippen molar-refractivity contribution < 1.29 is 4.92 Å². The summed E-state index contributed by atoms with van der Waals surface area (Å²) < 4.78 is 0. The van der Waals surface area contributed by atoms with Crippen molar-refractivity contribution in [2.45, 2.75) is 145 Å². The smallest absolute Gasteiger partial charge is 0.258 e. The van der Waals surface area contributed by atoms with Crippen LogP contribution < -0.4 is 0 Å². The number of hydrogen-bond acceptors (Lipinski definition) is 3. The van der Waals surface area contributed by atoms with Gasteiger partial charge in [-0.05, 0) is 87.7 Å². The van der Waals surface area contributed by atoms with Crippen LogP contribution in [0.15, 0.2) is 125 Å². The van der Waals surface area contributed by atoms with Crippen LogP contribution in [0.2, 0.25) is 0 Å². The van der Waals surface area contributed by atoms with Crippen molar-refractivity contribution in [3.05, 3.63) is 148 Å². The number of fused-ring (bicyclic) bond motifs is 3. The predicted octanol–water partition coefficient (Wildman–Crippen LogP) is 16.9. The maximum atomic E-state index is 12.1. The van der Waals surface area contributed by atoms with E-state index < -0.39 is 0 Å². The molecule has 0 heterocycles. The van der Waals surface area contributed by atoms with Crippen LogP contribution in [0.1, 0.15) is 152 Å². The van der Waals surface area contributed by atoms with Crippen molar-refractivity contribution >= 4 is 29.6 Å². The van der Waals surface area contributed by atoms with Crippen LogP contribution in [0.4, 0.5) is 5.69 Å². The lowest BCUT2D eigenvalue weighted by Crippen LogP contribution is -2.25. The molecule has 0 spiro atoms. The summed E-state index contributed by atoms with van der Waals surface area (Å²) in [7, 11) is 0. The molecule has 0 radical (unpaired) electrons. The van der Waals surface area contributed by atoms with Crippen molar-refractivity contribution in [3.63, 3.8) is 0 Å². The summed E-state index contributed by atoms with van der Waals surface area (Å²) in [6, 6.07) is 40.8. The normalized spacial score (nSPS) is 12.9. The number of nitro groups is 1. The summed E-state index contributed by atoms with van der Waals surface area (Å²) >= 11 is 1.78. The van der Waals surface area contributed by atoms with Gasteiger partial charge in [-0.25, -0.2) is 0 Å². The van der Waals surface area contributed by atoms with Crippen LogP contribution in [-0.4, -0.2) is 4.92 Å². The standard InChI is InChI=1S/C53H63NO2S/c1-3-5-7-9-11-13-15-20-38-53(39-21-16-14-12-10-8-6-4-2)51-40-43(28-36-49(51)50-37-33-46(54(55)56)41-52(50)53)25-24-42-26-29-44(30-27-42)45-31-34-48(35-32-45)57-47-22-18-17-19-23-47/h17-19,22-37,40-41H,3-16,20-21,38-39H2,1-2H3/b25-24+. The first-order chi connectivity index (χ1) is 28.0. The summed E-state index contributed by atoms with van der Waals surface area (Å²) in [5, 5.41) is 12.1. The summed E-state index contributed by atoms with van der Waals surface area (Å²) in [5.74, 6) is 0. The number of hydrogen-bond donors (Lipinski definition) is 0. The Kier molecular flexibility index (Phi) is 16.2. The molecule has 0 atom stereocenters. The third-order valence-corrected chi connectivity index (χ3v) is 13.1. The highest BCUT2D eigenvalue weighted by Crippen LogP contribution is 2.55. The molecule has 0 aromatic heterocycles. The van der Waals surface area contributed by atoms with Gasteiger partial charge in [0.2, 0.25) is 0 Å². The molecule has 1 aliphatic carbocycles. The van der Waals surface area contributed by atoms with Gasteiger partial charge in [-0.2, -0.15) is 0 Å². The lowest BCUT2D eigenvalue weighted by molar-refractivity contribution is -0.384. The highest BCUT2D eigenvalue weighted by atomic mass is 32.2. The third-order valence-electron chi connectivity index (χ3n) is 12.0. The zero-order valence-corrected chi connectivity index (χ0v) is 35.3. The maximum absolute atomic E-state index is 12.1. The lowest BCUT2D eigenvalue weighted by Gasteiger charge is -2.33. The molecule has 298 valence electrons. The van der Waals surface area contributed by atoms with Crippen molar-refractivity contribution in [1.29, 1.82) is 0 Å². The molecule has 0 amide bonds. The van der Waals surface area contributed by atoms with Gasteiger partial charge in [-0.3, -0.25) is 10.1 Å². The Morgan fingerprint density at radius 1 is 0.509 bits per heavy atom. The third kappa shape index (κ3) is 11.6. The van der Waals surface area contributed by atoms with Crippen LogP contribution in [0.25, 0.3) is 34.4 Å². The number of non-ortho nitro benzene ring substituents is 1. The van der Waals surface area contributed by atoms with E-state index in [1.54, 1.807) is 17.8 Å². The average Bonchev–Trinajstić information content (AvgIpc) is 3.50. The number of benzene rings is 5. The summed E-state index contributed by atoms with van der Waals surface area (Å²) in [6.07, 6.45) is 27.0. The van der Waals surface area contributed by atoms with E-state index in [1.165, 1.54) is 144 Å². The van der Waals surface area contributed by atoms with Gasteiger partial charge >= 0.3 is 0 Å². The molecular formula is C53H63NO2S. The molecule has 5 aromatic carbocycles. The SMILES string of the molecule is CCCCCCCCCCC1(CCCCCCCCCC)c2cc(/C=C/c3ccc(-c4ccc(Sc5ccccc5)cc4)cc3)ccc2-c2ccc([N+](=O)[O-])cc21. The van der Waals surface area contributed by atoms with Gasteiger partial charge in [0.15, 0.2) is 0 Å². The molecule has 57 heavy (non-hydrogen) atoms. The van der Waals surface area contributed by atoms with Crippen LogP contribution in [0, 0.1) is 10.1 Å². The molecule has 5 aromatic rings. The Morgan fingerprint density at radius 2 is 0.965 bits per heavy atom. The quantitative estimate of drug-likeness (QED) is 0.0271. The molecule has 3 nitrogen and oxygen atoms in total. The Bertz CT molecular complexity index is 2000. The molecule has 1 aliphatic rings. The van der Waals surface area contributed by atoms with Crippen LogP contribution >= 0.6 is 11.8 Å². The monoisotopic (exact) mass is 777 g/mol. The van der Waals surface area contributed by atoms with Crippen molar-refractivity contribution in [2.24, 2.45) is 0 Å². The Hall–Kier alpha value is -4.41. The van der Waals surface area contributed by atoms with Gasteiger partial charge in [-0.15, -0.1) is 0 Å². The van der Waals surface area contributed by atoms with Crippen molar-refractivity contribution in [2.75, 3.05) is 0 Å². The van der Waals surface area contributed by atoms with E-state index >= 15 is 0 Å². The van der Waals surface area contributed by atoms with Gasteiger partial charge in [0.25, 0.3) is 5.69 Å². The number of rotatable bonds is 24. The lowest BCUT2D eigenvalue weighted by atomic mass is 9.70. The highest BCUT2D eigenvalue weighted by Gasteiger charge is 2.43. The predicted molar refractivity (Wildman–Crippen MR) is 245 cm³/mol. The van der Waals surface area contributed by atoms with Crippen molar-refractivity contribution in [3.8, 4) is 22.3 Å². The molecular weight excluding hydrogens is 715 g/mol. The molecule has 0 saturated carbocycles. The number of nitro benzene ring substituents is 1. The highest BCUT2D eigenvalue weighted by molar-refractivity contribution is 7.99. The van der Waals surface area contributed by atoms with Crippen LogP contribution in [0.5, 0.6) is 0 Å². The topological polar surface area (TPSA) is 43.1 Å². The largest absolute Gasteiger partial charge is 0.269 e. The fourth-order valence-corrected chi connectivity index (χ4v) is 9.66. The first-order valence-electron chi connectivity index (χ1n) is 22.1. The minimum Gasteiger partial charge on any atom is -0.258 e. The first-order valence-corrected chi connectivity index (χ1v) is 22.9. The van der Waals surface area contributed by atoms with E-state index in [4.69, 9.17) is 0 Å². The maximum Gasteiger partial charge on any atom is 0.269 e. The first kappa shape index (κ1) is 42.2.